The fraction of sp³-hybridized carbons (Fsp3) is 0.353. The Bertz CT molecular complexity index is 686. The molecule has 6 heteroatoms. The van der Waals surface area contributed by atoms with Crippen molar-refractivity contribution in [2.24, 2.45) is 0 Å². The second-order valence-electron chi connectivity index (χ2n) is 5.69. The molecule has 1 aliphatic heterocycles. The third kappa shape index (κ3) is 3.91. The van der Waals surface area contributed by atoms with Gasteiger partial charge in [0.15, 0.2) is 0 Å². The molecule has 3 nitrogen and oxygen atoms in total. The number of benzene rings is 1. The van der Waals surface area contributed by atoms with Crippen LogP contribution < -0.4 is 5.32 Å². The number of amides is 1. The molecule has 1 aromatic carbocycles. The van der Waals surface area contributed by atoms with Crippen LogP contribution in [-0.2, 0) is 0 Å². The molecule has 1 unspecified atom stereocenters. The maximum Gasteiger partial charge on any atom is 0.264 e. The van der Waals surface area contributed by atoms with E-state index in [1.165, 1.54) is 23.5 Å². The van der Waals surface area contributed by atoms with Crippen LogP contribution in [-0.4, -0.2) is 36.5 Å². The zero-order valence-electron chi connectivity index (χ0n) is 13.1. The molecule has 1 atom stereocenters. The summed E-state index contributed by atoms with van der Waals surface area (Å²) in [6, 6.07) is 8.67. The number of rotatable bonds is 2. The highest BCUT2D eigenvalue weighted by atomic mass is 35.5. The van der Waals surface area contributed by atoms with Crippen molar-refractivity contribution in [3.63, 3.8) is 0 Å². The van der Waals surface area contributed by atoms with E-state index in [0.29, 0.717) is 6.04 Å². The number of piperazine rings is 1. The maximum absolute atomic E-state index is 13.1. The van der Waals surface area contributed by atoms with Crippen LogP contribution in [0.1, 0.15) is 21.5 Å². The van der Waals surface area contributed by atoms with E-state index in [1.54, 1.807) is 12.1 Å². The van der Waals surface area contributed by atoms with Gasteiger partial charge in [-0.25, -0.2) is 4.39 Å². The Labute approximate surface area is 145 Å². The van der Waals surface area contributed by atoms with Gasteiger partial charge in [-0.1, -0.05) is 12.1 Å². The third-order valence-corrected chi connectivity index (χ3v) is 4.98. The van der Waals surface area contributed by atoms with E-state index in [0.717, 1.165) is 40.5 Å². The van der Waals surface area contributed by atoms with Crippen LogP contribution in [0, 0.1) is 12.7 Å². The van der Waals surface area contributed by atoms with E-state index in [9.17, 15) is 9.18 Å². The largest absolute Gasteiger partial charge is 0.335 e. The van der Waals surface area contributed by atoms with Gasteiger partial charge >= 0.3 is 0 Å². The summed E-state index contributed by atoms with van der Waals surface area (Å²) in [6.07, 6.45) is 0. The van der Waals surface area contributed by atoms with Gasteiger partial charge in [0.05, 0.1) is 4.88 Å². The number of halogens is 2. The Kier molecular flexibility index (Phi) is 5.79. The first-order valence-electron chi connectivity index (χ1n) is 7.43. The molecule has 1 saturated heterocycles. The SMILES string of the molecule is Cc1sc(C(=O)N2CCNC(C)C2)cc1-c1ccc(F)cc1.Cl. The molecule has 0 saturated carbocycles. The molecular formula is C17H20ClFN2OS. The Morgan fingerprint density at radius 2 is 2.04 bits per heavy atom. The van der Waals surface area contributed by atoms with Crippen molar-refractivity contribution in [1.29, 1.82) is 0 Å². The van der Waals surface area contributed by atoms with Crippen molar-refractivity contribution in [3.05, 3.63) is 45.9 Å². The predicted octanol–water partition coefficient (Wildman–Crippen LogP) is 3.72. The molecule has 23 heavy (non-hydrogen) atoms. The topological polar surface area (TPSA) is 32.3 Å². The molecule has 1 N–H and O–H groups in total. The molecule has 2 heterocycles. The normalized spacial score (nSPS) is 17.7. The summed E-state index contributed by atoms with van der Waals surface area (Å²) in [5.74, 6) is -0.155. The lowest BCUT2D eigenvalue weighted by atomic mass is 10.1. The zero-order chi connectivity index (χ0) is 15.7. The third-order valence-electron chi connectivity index (χ3n) is 3.94. The van der Waals surface area contributed by atoms with Crippen LogP contribution in [0.3, 0.4) is 0 Å². The highest BCUT2D eigenvalue weighted by Gasteiger charge is 2.23. The first kappa shape index (κ1) is 17.9. The Hall–Kier alpha value is -1.43. The van der Waals surface area contributed by atoms with Gasteiger partial charge in [-0.15, -0.1) is 23.7 Å². The summed E-state index contributed by atoms with van der Waals surface area (Å²) < 4.78 is 13.1. The van der Waals surface area contributed by atoms with Gasteiger partial charge < -0.3 is 10.2 Å². The Morgan fingerprint density at radius 3 is 2.70 bits per heavy atom. The lowest BCUT2D eigenvalue weighted by Crippen LogP contribution is -2.51. The van der Waals surface area contributed by atoms with Gasteiger partial charge in [0.25, 0.3) is 5.91 Å². The van der Waals surface area contributed by atoms with Crippen LogP contribution in [0.2, 0.25) is 0 Å². The molecule has 1 fully saturated rings. The maximum atomic E-state index is 13.1. The van der Waals surface area contributed by atoms with E-state index in [2.05, 4.69) is 12.2 Å². The number of hydrogen-bond acceptors (Lipinski definition) is 3. The molecule has 3 rings (SSSR count). The van der Waals surface area contributed by atoms with Gasteiger partial charge in [-0.05, 0) is 43.2 Å². The van der Waals surface area contributed by atoms with Crippen molar-refractivity contribution in [1.82, 2.24) is 10.2 Å². The van der Waals surface area contributed by atoms with Crippen LogP contribution in [0.15, 0.2) is 30.3 Å². The minimum atomic E-state index is -0.247. The second kappa shape index (κ2) is 7.43. The smallest absolute Gasteiger partial charge is 0.264 e. The zero-order valence-corrected chi connectivity index (χ0v) is 14.8. The van der Waals surface area contributed by atoms with Gasteiger partial charge in [-0.3, -0.25) is 4.79 Å². The lowest BCUT2D eigenvalue weighted by Gasteiger charge is -2.31. The summed E-state index contributed by atoms with van der Waals surface area (Å²) >= 11 is 1.51. The molecular weight excluding hydrogens is 335 g/mol. The quantitative estimate of drug-likeness (QED) is 0.891. The highest BCUT2D eigenvalue weighted by molar-refractivity contribution is 7.14. The second-order valence-corrected chi connectivity index (χ2v) is 6.95. The van der Waals surface area contributed by atoms with E-state index in [-0.39, 0.29) is 24.1 Å². The first-order chi connectivity index (χ1) is 10.5. The van der Waals surface area contributed by atoms with E-state index < -0.39 is 0 Å². The first-order valence-corrected chi connectivity index (χ1v) is 8.25. The van der Waals surface area contributed by atoms with Gasteiger partial charge in [0.1, 0.15) is 5.82 Å². The molecule has 124 valence electrons. The number of carbonyl (C=O) groups is 1. The monoisotopic (exact) mass is 354 g/mol. The molecule has 0 bridgehead atoms. The molecule has 1 aromatic heterocycles. The number of hydrogen-bond donors (Lipinski definition) is 1. The standard InChI is InChI=1S/C17H19FN2OS.ClH/c1-11-10-20(8-7-19-11)17(21)16-9-15(12(2)22-16)13-3-5-14(18)6-4-13;/h3-6,9,11,19H,7-8,10H2,1-2H3;1H. The van der Waals surface area contributed by atoms with Gasteiger partial charge in [-0.2, -0.15) is 0 Å². The van der Waals surface area contributed by atoms with E-state index in [1.807, 2.05) is 17.9 Å². The van der Waals surface area contributed by atoms with E-state index >= 15 is 0 Å². The van der Waals surface area contributed by atoms with Gasteiger partial charge in [0, 0.05) is 30.6 Å². The summed E-state index contributed by atoms with van der Waals surface area (Å²) in [6.45, 7) is 6.40. The minimum absolute atomic E-state index is 0. The molecule has 0 radical (unpaired) electrons. The fourth-order valence-electron chi connectivity index (χ4n) is 2.78. The number of nitrogens with zero attached hydrogens (tertiary/aromatic N) is 1. The highest BCUT2D eigenvalue weighted by Crippen LogP contribution is 2.31. The summed E-state index contributed by atoms with van der Waals surface area (Å²) in [5.41, 5.74) is 1.96. The molecule has 0 aliphatic carbocycles. The lowest BCUT2D eigenvalue weighted by molar-refractivity contribution is 0.0714. The number of thiophene rings is 1. The van der Waals surface area contributed by atoms with Crippen LogP contribution in [0.25, 0.3) is 11.1 Å². The van der Waals surface area contributed by atoms with Crippen molar-refractivity contribution in [3.8, 4) is 11.1 Å². The van der Waals surface area contributed by atoms with E-state index in [4.69, 9.17) is 0 Å². The van der Waals surface area contributed by atoms with Crippen LogP contribution in [0.4, 0.5) is 4.39 Å². The molecule has 2 aromatic rings. The molecule has 1 amide bonds. The Morgan fingerprint density at radius 1 is 1.35 bits per heavy atom. The fourth-order valence-corrected chi connectivity index (χ4v) is 3.79. The van der Waals surface area contributed by atoms with Crippen molar-refractivity contribution >= 4 is 29.7 Å². The Balaban J connectivity index is 0.00000192. The minimum Gasteiger partial charge on any atom is -0.335 e. The van der Waals surface area contributed by atoms with Crippen molar-refractivity contribution in [2.75, 3.05) is 19.6 Å². The summed E-state index contributed by atoms with van der Waals surface area (Å²) in [5, 5.41) is 3.34. The van der Waals surface area contributed by atoms with Crippen LogP contribution in [0.5, 0.6) is 0 Å². The predicted molar refractivity (Wildman–Crippen MR) is 95.1 cm³/mol. The summed E-state index contributed by atoms with van der Waals surface area (Å²) in [4.78, 5) is 16.4. The number of carbonyl (C=O) groups excluding carboxylic acids is 1. The molecule has 1 aliphatic rings. The number of aryl methyl sites for hydroxylation is 1. The summed E-state index contributed by atoms with van der Waals surface area (Å²) in [7, 11) is 0. The average Bonchev–Trinajstić information content (AvgIpc) is 2.89. The van der Waals surface area contributed by atoms with Gasteiger partial charge in [0.2, 0.25) is 0 Å². The van der Waals surface area contributed by atoms with Crippen LogP contribution >= 0.6 is 23.7 Å². The van der Waals surface area contributed by atoms with Crippen molar-refractivity contribution < 1.29 is 9.18 Å². The van der Waals surface area contributed by atoms with Crippen molar-refractivity contribution in [2.45, 2.75) is 19.9 Å². The molecule has 0 spiro atoms. The average molecular weight is 355 g/mol. The number of nitrogens with one attached hydrogen (secondary N) is 1.